The number of rotatable bonds is 12. The number of aliphatic hydroxyl groups is 1. The molecule has 0 aliphatic carbocycles. The van der Waals surface area contributed by atoms with E-state index in [1.54, 1.807) is 13.8 Å². The van der Waals surface area contributed by atoms with Gasteiger partial charge in [0.05, 0.1) is 12.1 Å². The number of carbonyl (C=O) groups excluding carboxylic acids is 3. The number of guanidine groups is 1. The second-order valence-electron chi connectivity index (χ2n) is 8.54. The van der Waals surface area contributed by atoms with E-state index in [0.29, 0.717) is 38.8 Å². The van der Waals surface area contributed by atoms with Gasteiger partial charge < -0.3 is 42.9 Å². The zero-order chi connectivity index (χ0) is 25.3. The Bertz CT molecular complexity index is 738. The Labute approximate surface area is 193 Å². The summed E-state index contributed by atoms with van der Waals surface area (Å²) in [5.41, 5.74) is 16.5. The number of nitrogens with two attached hydrogens (primary N) is 3. The molecule has 0 bridgehead atoms. The van der Waals surface area contributed by atoms with E-state index in [1.165, 1.54) is 11.8 Å². The van der Waals surface area contributed by atoms with Gasteiger partial charge in [-0.3, -0.25) is 19.4 Å². The molecule has 0 aromatic carbocycles. The molecule has 0 aromatic rings. The second kappa shape index (κ2) is 12.9. The van der Waals surface area contributed by atoms with Crippen molar-refractivity contribution < 1.29 is 29.4 Å². The van der Waals surface area contributed by atoms with Gasteiger partial charge >= 0.3 is 5.97 Å². The third kappa shape index (κ3) is 8.50. The minimum Gasteiger partial charge on any atom is -0.480 e. The molecule has 1 heterocycles. The highest BCUT2D eigenvalue weighted by Gasteiger charge is 2.38. The highest BCUT2D eigenvalue weighted by atomic mass is 16.4. The Hall–Kier alpha value is -2.93. The van der Waals surface area contributed by atoms with E-state index in [-0.39, 0.29) is 17.8 Å². The maximum Gasteiger partial charge on any atom is 0.328 e. The van der Waals surface area contributed by atoms with E-state index in [0.717, 1.165) is 0 Å². The highest BCUT2D eigenvalue weighted by Crippen LogP contribution is 2.20. The Balaban J connectivity index is 2.80. The number of aliphatic carboxylic acids is 1. The van der Waals surface area contributed by atoms with Crippen molar-refractivity contribution in [2.45, 2.75) is 76.7 Å². The molecular formula is C20H37N7O6. The number of carboxylic acid groups (broad SMARTS) is 1. The molecule has 0 radical (unpaired) electrons. The first-order valence-corrected chi connectivity index (χ1v) is 11.0. The van der Waals surface area contributed by atoms with Crippen LogP contribution in [-0.2, 0) is 19.2 Å². The van der Waals surface area contributed by atoms with Crippen LogP contribution in [0, 0.1) is 5.92 Å². The summed E-state index contributed by atoms with van der Waals surface area (Å²) < 4.78 is 0. The molecule has 5 atom stereocenters. The molecule has 13 nitrogen and oxygen atoms in total. The first-order chi connectivity index (χ1) is 15.4. The Morgan fingerprint density at radius 3 is 2.27 bits per heavy atom. The number of carbonyl (C=O) groups is 4. The van der Waals surface area contributed by atoms with Crippen molar-refractivity contribution in [3.8, 4) is 0 Å². The van der Waals surface area contributed by atoms with Crippen LogP contribution in [0.5, 0.6) is 0 Å². The van der Waals surface area contributed by atoms with Gasteiger partial charge in [-0.2, -0.15) is 0 Å². The summed E-state index contributed by atoms with van der Waals surface area (Å²) in [7, 11) is 0. The SMILES string of the molecule is CC(C)C(NC(=O)C1CCCN1C(=O)C(N)CCCN=C(N)N)C(=O)NC(C(=O)O)C(C)O. The van der Waals surface area contributed by atoms with Crippen molar-refractivity contribution in [1.29, 1.82) is 0 Å². The summed E-state index contributed by atoms with van der Waals surface area (Å²) >= 11 is 0. The molecule has 13 heteroatoms. The third-order valence-electron chi connectivity index (χ3n) is 5.42. The van der Waals surface area contributed by atoms with E-state index in [2.05, 4.69) is 15.6 Å². The fraction of sp³-hybridized carbons (Fsp3) is 0.750. The number of likely N-dealkylation sites (tertiary alicyclic amines) is 1. The second-order valence-corrected chi connectivity index (χ2v) is 8.54. The normalized spacial score (nSPS) is 19.3. The topological polar surface area (TPSA) is 226 Å². The third-order valence-corrected chi connectivity index (χ3v) is 5.42. The standard InChI is InChI=1S/C20H37N7O6/c1-10(2)14(17(30)26-15(11(3)28)19(32)33)25-16(29)13-7-5-9-27(13)18(31)12(21)6-4-8-24-20(22)23/h10-15,28H,4-9,21H2,1-3H3,(H,25,29)(H,26,30)(H,32,33)(H4,22,23,24). The van der Waals surface area contributed by atoms with Crippen LogP contribution in [0.3, 0.4) is 0 Å². The van der Waals surface area contributed by atoms with E-state index in [1.807, 2.05) is 0 Å². The van der Waals surface area contributed by atoms with Crippen molar-refractivity contribution in [3.63, 3.8) is 0 Å². The molecule has 10 N–H and O–H groups in total. The summed E-state index contributed by atoms with van der Waals surface area (Å²) in [6, 6.07) is -4.18. The molecule has 188 valence electrons. The van der Waals surface area contributed by atoms with Gasteiger partial charge in [-0.15, -0.1) is 0 Å². The lowest BCUT2D eigenvalue weighted by Gasteiger charge is -2.30. The quantitative estimate of drug-likeness (QED) is 0.0901. The van der Waals surface area contributed by atoms with Crippen molar-refractivity contribution >= 4 is 29.7 Å². The van der Waals surface area contributed by atoms with Gasteiger partial charge in [0.1, 0.15) is 12.1 Å². The van der Waals surface area contributed by atoms with Gasteiger partial charge in [0.2, 0.25) is 17.7 Å². The summed E-state index contributed by atoms with van der Waals surface area (Å²) in [4.78, 5) is 54.9. The van der Waals surface area contributed by atoms with E-state index in [4.69, 9.17) is 17.2 Å². The lowest BCUT2D eigenvalue weighted by Crippen LogP contribution is -2.59. The van der Waals surface area contributed by atoms with Gasteiger partial charge in [0.15, 0.2) is 12.0 Å². The number of amides is 3. The molecular weight excluding hydrogens is 434 g/mol. The Morgan fingerprint density at radius 1 is 1.12 bits per heavy atom. The van der Waals surface area contributed by atoms with Gasteiger partial charge in [-0.05, 0) is 38.5 Å². The monoisotopic (exact) mass is 471 g/mol. The molecule has 1 aliphatic heterocycles. The first-order valence-electron chi connectivity index (χ1n) is 11.0. The maximum atomic E-state index is 13.0. The molecule has 3 amide bonds. The van der Waals surface area contributed by atoms with E-state index >= 15 is 0 Å². The molecule has 1 fully saturated rings. The summed E-state index contributed by atoms with van der Waals surface area (Å²) in [6.07, 6.45) is 0.529. The van der Waals surface area contributed by atoms with Crippen molar-refractivity contribution in [2.24, 2.45) is 28.1 Å². The summed E-state index contributed by atoms with van der Waals surface area (Å²) in [5.74, 6) is -3.44. The minimum atomic E-state index is -1.52. The van der Waals surface area contributed by atoms with Crippen LogP contribution in [-0.4, -0.2) is 88.1 Å². The smallest absolute Gasteiger partial charge is 0.328 e. The lowest BCUT2D eigenvalue weighted by molar-refractivity contribution is -0.146. The lowest BCUT2D eigenvalue weighted by atomic mass is 10.0. The number of nitrogens with zero attached hydrogens (tertiary/aromatic N) is 2. The average Bonchev–Trinajstić information content (AvgIpc) is 3.21. The van der Waals surface area contributed by atoms with Crippen LogP contribution in [0.15, 0.2) is 4.99 Å². The molecule has 5 unspecified atom stereocenters. The Kier molecular flexibility index (Phi) is 11.0. The van der Waals surface area contributed by atoms with E-state index < -0.39 is 48.1 Å². The van der Waals surface area contributed by atoms with E-state index in [9.17, 15) is 29.4 Å². The van der Waals surface area contributed by atoms with Gasteiger partial charge in [-0.25, -0.2) is 4.79 Å². The minimum absolute atomic E-state index is 0.0435. The predicted molar refractivity (Wildman–Crippen MR) is 121 cm³/mol. The summed E-state index contributed by atoms with van der Waals surface area (Å²) in [5, 5.41) is 23.7. The van der Waals surface area contributed by atoms with Crippen molar-refractivity contribution in [2.75, 3.05) is 13.1 Å². The molecule has 0 aromatic heterocycles. The molecule has 33 heavy (non-hydrogen) atoms. The molecule has 1 rings (SSSR count). The molecule has 0 spiro atoms. The number of aliphatic hydroxyl groups excluding tert-OH is 1. The zero-order valence-corrected chi connectivity index (χ0v) is 19.4. The molecule has 1 saturated heterocycles. The maximum absolute atomic E-state index is 13.0. The van der Waals surface area contributed by atoms with Crippen LogP contribution >= 0.6 is 0 Å². The number of carboxylic acids is 1. The van der Waals surface area contributed by atoms with Gasteiger partial charge in [0, 0.05) is 13.1 Å². The first kappa shape index (κ1) is 28.1. The summed E-state index contributed by atoms with van der Waals surface area (Å²) in [6.45, 7) is 5.31. The molecule has 0 saturated carbocycles. The van der Waals surface area contributed by atoms with Crippen LogP contribution in [0.25, 0.3) is 0 Å². The number of nitrogens with one attached hydrogen (secondary N) is 2. The highest BCUT2D eigenvalue weighted by molar-refractivity contribution is 5.94. The number of hydrogen-bond acceptors (Lipinski definition) is 7. The Morgan fingerprint density at radius 2 is 1.76 bits per heavy atom. The largest absolute Gasteiger partial charge is 0.480 e. The van der Waals surface area contributed by atoms with Crippen molar-refractivity contribution in [3.05, 3.63) is 0 Å². The van der Waals surface area contributed by atoms with Crippen LogP contribution < -0.4 is 27.8 Å². The van der Waals surface area contributed by atoms with Crippen LogP contribution in [0.2, 0.25) is 0 Å². The zero-order valence-electron chi connectivity index (χ0n) is 19.4. The fourth-order valence-corrected chi connectivity index (χ4v) is 3.58. The number of aliphatic imine (C=N–C) groups is 1. The number of hydrogen-bond donors (Lipinski definition) is 7. The van der Waals surface area contributed by atoms with Gasteiger partial charge in [-0.1, -0.05) is 13.8 Å². The van der Waals surface area contributed by atoms with Gasteiger partial charge in [0.25, 0.3) is 0 Å². The van der Waals surface area contributed by atoms with Crippen LogP contribution in [0.4, 0.5) is 0 Å². The predicted octanol–water partition coefficient (Wildman–Crippen LogP) is -2.55. The van der Waals surface area contributed by atoms with Crippen LogP contribution in [0.1, 0.15) is 46.5 Å². The van der Waals surface area contributed by atoms with Crippen molar-refractivity contribution in [1.82, 2.24) is 15.5 Å². The average molecular weight is 472 g/mol. The molecule has 1 aliphatic rings. The fourth-order valence-electron chi connectivity index (χ4n) is 3.58.